The Balaban J connectivity index is 0.893. The first-order valence-electron chi connectivity index (χ1n) is 24.8. The molecule has 2 heterocycles. The number of hydrazone groups is 1. The minimum absolute atomic E-state index is 0.0457. The lowest BCUT2D eigenvalue weighted by Crippen LogP contribution is -2.46. The fourth-order valence-electron chi connectivity index (χ4n) is 8.92. The maximum absolute atomic E-state index is 12.0. The second-order valence-electron chi connectivity index (χ2n) is 18.2. The van der Waals surface area contributed by atoms with E-state index in [0.29, 0.717) is 42.0 Å². The number of rotatable bonds is 28. The minimum Gasteiger partial charge on any atom is -0.507 e. The predicted octanol–water partition coefficient (Wildman–Crippen LogP) is 6.88. The molecule has 0 saturated carbocycles. The second kappa shape index (κ2) is 28.4. The summed E-state index contributed by atoms with van der Waals surface area (Å²) in [5.41, 5.74) is 20.7. The van der Waals surface area contributed by atoms with Gasteiger partial charge in [0.05, 0.1) is 35.1 Å². The number of ether oxygens (including phenoxy) is 1. The molecular formula is C51H81N13O4. The summed E-state index contributed by atoms with van der Waals surface area (Å²) in [6, 6.07) is 21.2. The van der Waals surface area contributed by atoms with Crippen LogP contribution in [0.15, 0.2) is 95.6 Å². The molecule has 17 heteroatoms. The average Bonchev–Trinajstić information content (AvgIpc) is 3.33. The van der Waals surface area contributed by atoms with E-state index in [-0.39, 0.29) is 11.9 Å². The van der Waals surface area contributed by atoms with E-state index in [1.54, 1.807) is 29.7 Å². The number of hydroxylamine groups is 1. The third-order valence-corrected chi connectivity index (χ3v) is 12.6. The molecule has 0 spiro atoms. The first-order chi connectivity index (χ1) is 32.9. The number of hydrazine groups is 2. The van der Waals surface area contributed by atoms with Gasteiger partial charge >= 0.3 is 0 Å². The van der Waals surface area contributed by atoms with Gasteiger partial charge in [0.2, 0.25) is 0 Å². The summed E-state index contributed by atoms with van der Waals surface area (Å²) in [7, 11) is 1.65. The van der Waals surface area contributed by atoms with Crippen molar-refractivity contribution >= 4 is 40.1 Å². The van der Waals surface area contributed by atoms with Crippen LogP contribution in [0.1, 0.15) is 103 Å². The molecule has 0 aromatic heterocycles. The second-order valence-corrected chi connectivity index (χ2v) is 18.2. The Morgan fingerprint density at radius 2 is 1.57 bits per heavy atom. The zero-order chi connectivity index (χ0) is 48.7. The number of anilines is 5. The Kier molecular flexibility index (Phi) is 22.2. The number of nitrogens with zero attached hydrogens (tertiary/aromatic N) is 6. The number of phenolic OH excluding ortho intramolecular Hbond substituents is 1. The van der Waals surface area contributed by atoms with Gasteiger partial charge in [0, 0.05) is 87.8 Å². The van der Waals surface area contributed by atoms with Crippen LogP contribution >= 0.6 is 0 Å². The number of nitrogens with one attached hydrogen (secondary N) is 3. The van der Waals surface area contributed by atoms with Gasteiger partial charge in [0.25, 0.3) is 5.91 Å². The zero-order valence-electron chi connectivity index (χ0n) is 40.9. The van der Waals surface area contributed by atoms with Crippen LogP contribution in [-0.2, 0) is 9.53 Å². The highest BCUT2D eigenvalue weighted by molar-refractivity contribution is 6.10. The maximum Gasteiger partial charge on any atom is 0.265 e. The summed E-state index contributed by atoms with van der Waals surface area (Å²) >= 11 is 0. The number of hydrogen-bond donors (Lipinski definition) is 9. The van der Waals surface area contributed by atoms with Gasteiger partial charge in [0.1, 0.15) is 17.9 Å². The van der Waals surface area contributed by atoms with E-state index >= 15 is 0 Å². The lowest BCUT2D eigenvalue weighted by atomic mass is 10.1. The number of aromatic hydroxyl groups is 1. The summed E-state index contributed by atoms with van der Waals surface area (Å²) in [5, 5.41) is 33.3. The molecule has 2 aliphatic heterocycles. The van der Waals surface area contributed by atoms with E-state index in [2.05, 4.69) is 54.7 Å². The number of amides is 1. The number of para-hydroxylation sites is 2. The molecule has 2 saturated heterocycles. The Bertz CT molecular complexity index is 2060. The molecular weight excluding hydrogens is 859 g/mol. The standard InChI is InChI=1S/C51H81N13O4/c1-4-17-47(51(66)59-67)57-46-22-14-21-45(50(46)53)56-28-15-18-40(52)37-64(55)31-13-9-7-5-6-8-12-29-61-32-34-62(35-33-61)41-24-26-42(27-25-41)63-30-16-19-43(38-63)68-39(2)36-48(58-60(3)54)44-20-10-11-23-49(44)65/h10-11,14,20-27,36-37,43,47,56-57,65,67H,4-9,12-13,15-19,28-35,38,52-55H2,1-3H3,(H,59,66)/b39-36+,40-37-,58-48+. The third-order valence-electron chi connectivity index (χ3n) is 12.6. The van der Waals surface area contributed by atoms with Gasteiger partial charge in [-0.25, -0.2) is 22.3 Å². The highest BCUT2D eigenvalue weighted by atomic mass is 16.5. The number of carbonyl (C=O) groups is 1. The quantitative estimate of drug-likeness (QED) is 0.00687. The molecule has 17 nitrogen and oxygen atoms in total. The van der Waals surface area contributed by atoms with E-state index in [0.717, 1.165) is 101 Å². The lowest BCUT2D eigenvalue weighted by Gasteiger charge is -2.37. The number of allylic oxidation sites excluding steroid dienone is 3. The average molecular weight is 940 g/mol. The third kappa shape index (κ3) is 17.6. The van der Waals surface area contributed by atoms with Crippen molar-refractivity contribution in [1.29, 1.82) is 0 Å². The molecule has 3 aromatic rings. The van der Waals surface area contributed by atoms with Gasteiger partial charge in [-0.2, -0.15) is 5.10 Å². The maximum atomic E-state index is 12.0. The Morgan fingerprint density at radius 1 is 0.897 bits per heavy atom. The molecule has 2 unspecified atom stereocenters. The van der Waals surface area contributed by atoms with E-state index in [1.807, 2.05) is 56.5 Å². The van der Waals surface area contributed by atoms with Crippen LogP contribution in [0.3, 0.4) is 0 Å². The molecule has 374 valence electrons. The topological polar surface area (TPSA) is 235 Å². The fourth-order valence-corrected chi connectivity index (χ4v) is 8.92. The van der Waals surface area contributed by atoms with Crippen molar-refractivity contribution in [2.45, 2.75) is 109 Å². The molecule has 2 fully saturated rings. The molecule has 0 bridgehead atoms. The highest BCUT2D eigenvalue weighted by Crippen LogP contribution is 2.29. The van der Waals surface area contributed by atoms with Crippen molar-refractivity contribution in [3.05, 3.63) is 96.0 Å². The van der Waals surface area contributed by atoms with Gasteiger partial charge in [-0.1, -0.05) is 63.6 Å². The van der Waals surface area contributed by atoms with E-state index in [1.165, 1.54) is 55.1 Å². The van der Waals surface area contributed by atoms with Gasteiger partial charge < -0.3 is 46.8 Å². The predicted molar refractivity (Wildman–Crippen MR) is 278 cm³/mol. The molecule has 3 aromatic carbocycles. The molecule has 2 aliphatic rings. The largest absolute Gasteiger partial charge is 0.507 e. The van der Waals surface area contributed by atoms with Crippen LogP contribution in [0.5, 0.6) is 5.75 Å². The first-order valence-corrected chi connectivity index (χ1v) is 24.8. The monoisotopic (exact) mass is 940 g/mol. The van der Waals surface area contributed by atoms with E-state index < -0.39 is 11.9 Å². The molecule has 0 radical (unpaired) electrons. The van der Waals surface area contributed by atoms with Crippen LogP contribution in [0, 0.1) is 0 Å². The number of nitrogens with two attached hydrogens (primary N) is 4. The number of piperidine rings is 1. The Labute approximate surface area is 405 Å². The summed E-state index contributed by atoms with van der Waals surface area (Å²) < 4.78 is 6.42. The smallest absolute Gasteiger partial charge is 0.265 e. The number of carbonyl (C=O) groups excluding carboxylic acids is 1. The summed E-state index contributed by atoms with van der Waals surface area (Å²) in [6.45, 7) is 12.6. The highest BCUT2D eigenvalue weighted by Gasteiger charge is 2.23. The minimum atomic E-state index is -0.579. The first kappa shape index (κ1) is 53.1. The number of benzene rings is 3. The Hall–Kier alpha value is -5.88. The number of phenols is 1. The van der Waals surface area contributed by atoms with Gasteiger partial charge in [-0.3, -0.25) is 14.9 Å². The number of piperazine rings is 1. The number of hydrogen-bond acceptors (Lipinski definition) is 16. The molecule has 0 aliphatic carbocycles. The van der Waals surface area contributed by atoms with Crippen molar-refractivity contribution < 1.29 is 19.8 Å². The zero-order valence-corrected chi connectivity index (χ0v) is 40.9. The van der Waals surface area contributed by atoms with Crippen molar-refractivity contribution in [2.24, 2.45) is 22.5 Å². The van der Waals surface area contributed by atoms with Crippen LogP contribution in [0.4, 0.5) is 28.4 Å². The normalized spacial score (nSPS) is 16.6. The van der Waals surface area contributed by atoms with E-state index in [9.17, 15) is 9.90 Å². The molecule has 13 N–H and O–H groups in total. The molecule has 68 heavy (non-hydrogen) atoms. The van der Waals surface area contributed by atoms with Gasteiger partial charge in [-0.15, -0.1) is 0 Å². The van der Waals surface area contributed by atoms with Crippen molar-refractivity contribution in [1.82, 2.24) is 20.5 Å². The summed E-state index contributed by atoms with van der Waals surface area (Å²) in [5.74, 6) is 12.5. The van der Waals surface area contributed by atoms with Crippen LogP contribution in [0.25, 0.3) is 0 Å². The van der Waals surface area contributed by atoms with Crippen LogP contribution < -0.4 is 49.1 Å². The van der Waals surface area contributed by atoms with Crippen molar-refractivity contribution in [2.75, 3.05) is 92.1 Å². The lowest BCUT2D eigenvalue weighted by molar-refractivity contribution is -0.130. The Morgan fingerprint density at radius 3 is 2.26 bits per heavy atom. The molecule has 2 atom stereocenters. The van der Waals surface area contributed by atoms with Gasteiger partial charge in [0.15, 0.2) is 0 Å². The molecule has 5 rings (SSSR count). The van der Waals surface area contributed by atoms with E-state index in [4.69, 9.17) is 33.1 Å². The SMILES string of the molecule is CCCC(Nc1cccc(NCCC/C(N)=C/N(N)CCCCCCCCCN2CCN(c3ccc(N4CCCC(O/C(C)=C/C(=N\N(C)N)c5ccccc5O)C4)cc3)CC2)c1N)C(=O)NO. The van der Waals surface area contributed by atoms with Crippen LogP contribution in [-0.4, -0.2) is 115 Å². The van der Waals surface area contributed by atoms with Gasteiger partial charge in [-0.05, 0) is 107 Å². The van der Waals surface area contributed by atoms with Crippen molar-refractivity contribution in [3.8, 4) is 5.75 Å². The number of unbranched alkanes of at least 4 members (excludes halogenated alkanes) is 6. The van der Waals surface area contributed by atoms with Crippen molar-refractivity contribution in [3.63, 3.8) is 0 Å². The summed E-state index contributed by atoms with van der Waals surface area (Å²) in [4.78, 5) is 19.6. The number of nitrogen functional groups attached to an aromatic ring is 1. The fraction of sp³-hybridized carbons (Fsp3) is 0.529. The molecule has 1 amide bonds. The summed E-state index contributed by atoms with van der Waals surface area (Å²) in [6.07, 6.45) is 17.1. The van der Waals surface area contributed by atoms with Crippen LogP contribution in [0.2, 0.25) is 0 Å².